The zero-order valence-corrected chi connectivity index (χ0v) is 9.06. The van der Waals surface area contributed by atoms with Crippen LogP contribution in [0.3, 0.4) is 0 Å². The zero-order chi connectivity index (χ0) is 11.1. The fourth-order valence-electron chi connectivity index (χ4n) is 1.49. The van der Waals surface area contributed by atoms with Crippen LogP contribution in [0, 0.1) is 0 Å². The van der Waals surface area contributed by atoms with E-state index in [1.807, 2.05) is 11.0 Å². The van der Waals surface area contributed by atoms with E-state index in [2.05, 4.69) is 17.1 Å². The highest BCUT2D eigenvalue weighted by molar-refractivity contribution is 5.45. The Bertz CT molecular complexity index is 287. The smallest absolute Gasteiger partial charge is 0.155 e. The van der Waals surface area contributed by atoms with E-state index in [0.717, 1.165) is 24.3 Å². The summed E-state index contributed by atoms with van der Waals surface area (Å²) in [7, 11) is 0. The fourth-order valence-corrected chi connectivity index (χ4v) is 1.49. The maximum absolute atomic E-state index is 8.97. The zero-order valence-electron chi connectivity index (χ0n) is 9.06. The largest absolute Gasteiger partial charge is 0.395 e. The van der Waals surface area contributed by atoms with Crippen LogP contribution in [-0.4, -0.2) is 35.0 Å². The van der Waals surface area contributed by atoms with Crippen LogP contribution in [0.25, 0.3) is 0 Å². The molecule has 0 fully saturated rings. The predicted octanol–water partition coefficient (Wildman–Crippen LogP) is 0.144. The van der Waals surface area contributed by atoms with Gasteiger partial charge in [-0.15, -0.1) is 5.10 Å². The molecule has 0 aliphatic rings. The summed E-state index contributed by atoms with van der Waals surface area (Å²) in [6.45, 7) is 4.06. The molecule has 0 unspecified atom stereocenters. The molecule has 1 aromatic heterocycles. The van der Waals surface area contributed by atoms with Crippen LogP contribution in [0.5, 0.6) is 0 Å². The van der Waals surface area contributed by atoms with Gasteiger partial charge in [0.05, 0.1) is 12.8 Å². The van der Waals surface area contributed by atoms with Crippen molar-refractivity contribution >= 4 is 5.82 Å². The molecule has 0 amide bonds. The summed E-state index contributed by atoms with van der Waals surface area (Å²) >= 11 is 0. The topological polar surface area (TPSA) is 75.3 Å². The van der Waals surface area contributed by atoms with E-state index in [9.17, 15) is 0 Å². The van der Waals surface area contributed by atoms with Crippen LogP contribution < -0.4 is 10.6 Å². The van der Waals surface area contributed by atoms with Crippen LogP contribution in [0.15, 0.2) is 12.3 Å². The lowest BCUT2D eigenvalue weighted by Gasteiger charge is -2.23. The molecule has 0 aliphatic heterocycles. The highest BCUT2D eigenvalue weighted by Gasteiger charge is 2.10. The van der Waals surface area contributed by atoms with Gasteiger partial charge in [0.25, 0.3) is 0 Å². The summed E-state index contributed by atoms with van der Waals surface area (Å²) in [5.74, 6) is 0.788. The molecule has 0 aliphatic carbocycles. The number of rotatable bonds is 6. The minimum atomic E-state index is 0.112. The van der Waals surface area contributed by atoms with Crippen LogP contribution >= 0.6 is 0 Å². The van der Waals surface area contributed by atoms with Crippen molar-refractivity contribution < 1.29 is 5.11 Å². The maximum Gasteiger partial charge on any atom is 0.155 e. The molecule has 1 aromatic rings. The van der Waals surface area contributed by atoms with Crippen molar-refractivity contribution in [3.63, 3.8) is 0 Å². The van der Waals surface area contributed by atoms with Gasteiger partial charge in [0.2, 0.25) is 0 Å². The van der Waals surface area contributed by atoms with Gasteiger partial charge in [-0.3, -0.25) is 0 Å². The fraction of sp³-hybridized carbons (Fsp3) is 0.600. The summed E-state index contributed by atoms with van der Waals surface area (Å²) in [6, 6.07) is 1.86. The molecule has 0 saturated carbocycles. The lowest BCUT2D eigenvalue weighted by molar-refractivity contribution is 0.301. The molecule has 0 spiro atoms. The van der Waals surface area contributed by atoms with Gasteiger partial charge in [-0.1, -0.05) is 6.92 Å². The van der Waals surface area contributed by atoms with Crippen molar-refractivity contribution in [2.45, 2.75) is 19.9 Å². The second kappa shape index (κ2) is 6.31. The Morgan fingerprint density at radius 1 is 1.47 bits per heavy atom. The van der Waals surface area contributed by atoms with Crippen molar-refractivity contribution in [2.75, 3.05) is 24.6 Å². The van der Waals surface area contributed by atoms with Gasteiger partial charge in [0.1, 0.15) is 0 Å². The van der Waals surface area contributed by atoms with Gasteiger partial charge in [-0.05, 0) is 12.5 Å². The first-order chi connectivity index (χ1) is 7.33. The summed E-state index contributed by atoms with van der Waals surface area (Å²) < 4.78 is 0. The van der Waals surface area contributed by atoms with Gasteiger partial charge < -0.3 is 15.7 Å². The highest BCUT2D eigenvalue weighted by Crippen LogP contribution is 2.15. The van der Waals surface area contributed by atoms with E-state index < -0.39 is 0 Å². The van der Waals surface area contributed by atoms with Gasteiger partial charge in [-0.2, -0.15) is 5.10 Å². The van der Waals surface area contributed by atoms with Crippen molar-refractivity contribution in [1.82, 2.24) is 10.2 Å². The number of aromatic nitrogens is 2. The third-order valence-corrected chi connectivity index (χ3v) is 2.16. The Hall–Kier alpha value is -1.20. The van der Waals surface area contributed by atoms with E-state index in [-0.39, 0.29) is 6.61 Å². The Morgan fingerprint density at radius 3 is 2.87 bits per heavy atom. The molecular weight excluding hydrogens is 192 g/mol. The molecule has 1 heterocycles. The molecule has 5 heteroatoms. The molecule has 5 nitrogen and oxygen atoms in total. The maximum atomic E-state index is 8.97. The summed E-state index contributed by atoms with van der Waals surface area (Å²) in [5, 5.41) is 16.9. The van der Waals surface area contributed by atoms with Gasteiger partial charge in [0, 0.05) is 25.2 Å². The lowest BCUT2D eigenvalue weighted by atomic mass is 10.2. The van der Waals surface area contributed by atoms with Gasteiger partial charge in [-0.25, -0.2) is 0 Å². The number of hydrogen-bond acceptors (Lipinski definition) is 5. The average molecular weight is 210 g/mol. The first-order valence-corrected chi connectivity index (χ1v) is 5.20. The SMILES string of the molecule is CCCN(CCO)c1nnccc1CN. The standard InChI is InChI=1S/C10H18N4O/c1-2-5-14(6-7-15)10-9(8-11)3-4-12-13-10/h3-4,15H,2,5-8,11H2,1H3. The molecule has 0 saturated heterocycles. The molecule has 3 N–H and O–H groups in total. The molecule has 15 heavy (non-hydrogen) atoms. The summed E-state index contributed by atoms with van der Waals surface area (Å²) in [4.78, 5) is 2.01. The third kappa shape index (κ3) is 3.14. The van der Waals surface area contributed by atoms with Crippen molar-refractivity contribution in [2.24, 2.45) is 5.73 Å². The Kier molecular flexibility index (Phi) is 5.00. The molecule has 0 radical (unpaired) electrons. The number of aliphatic hydroxyl groups excluding tert-OH is 1. The predicted molar refractivity (Wildman–Crippen MR) is 59.5 cm³/mol. The summed E-state index contributed by atoms with van der Waals surface area (Å²) in [5.41, 5.74) is 6.59. The Labute approximate surface area is 89.9 Å². The van der Waals surface area contributed by atoms with E-state index >= 15 is 0 Å². The molecule has 0 bridgehead atoms. The minimum Gasteiger partial charge on any atom is -0.395 e. The second-order valence-corrected chi connectivity index (χ2v) is 3.29. The van der Waals surface area contributed by atoms with Crippen molar-refractivity contribution in [3.05, 3.63) is 17.8 Å². The monoisotopic (exact) mass is 210 g/mol. The van der Waals surface area contributed by atoms with E-state index in [1.54, 1.807) is 6.20 Å². The van der Waals surface area contributed by atoms with Crippen LogP contribution in [0.2, 0.25) is 0 Å². The molecular formula is C10H18N4O. The Morgan fingerprint density at radius 2 is 2.27 bits per heavy atom. The molecule has 1 rings (SSSR count). The quantitative estimate of drug-likeness (QED) is 0.698. The molecule has 84 valence electrons. The number of nitrogens with two attached hydrogens (primary N) is 1. The van der Waals surface area contributed by atoms with Crippen molar-refractivity contribution in [1.29, 1.82) is 0 Å². The van der Waals surface area contributed by atoms with E-state index in [4.69, 9.17) is 10.8 Å². The average Bonchev–Trinajstić information content (AvgIpc) is 2.29. The first kappa shape index (κ1) is 11.9. The van der Waals surface area contributed by atoms with E-state index in [1.165, 1.54) is 0 Å². The van der Waals surface area contributed by atoms with E-state index in [0.29, 0.717) is 13.1 Å². The highest BCUT2D eigenvalue weighted by atomic mass is 16.3. The summed E-state index contributed by atoms with van der Waals surface area (Å²) in [6.07, 6.45) is 2.63. The third-order valence-electron chi connectivity index (χ3n) is 2.16. The minimum absolute atomic E-state index is 0.112. The Balaban J connectivity index is 2.88. The molecule has 0 atom stereocenters. The van der Waals surface area contributed by atoms with Crippen LogP contribution in [0.4, 0.5) is 5.82 Å². The van der Waals surface area contributed by atoms with Crippen LogP contribution in [0.1, 0.15) is 18.9 Å². The number of aliphatic hydroxyl groups is 1. The number of anilines is 1. The van der Waals surface area contributed by atoms with Crippen LogP contribution in [-0.2, 0) is 6.54 Å². The number of hydrogen-bond donors (Lipinski definition) is 2. The van der Waals surface area contributed by atoms with Gasteiger partial charge >= 0.3 is 0 Å². The second-order valence-electron chi connectivity index (χ2n) is 3.29. The lowest BCUT2D eigenvalue weighted by Crippen LogP contribution is -2.30. The molecule has 0 aromatic carbocycles. The number of nitrogens with zero attached hydrogens (tertiary/aromatic N) is 3. The normalized spacial score (nSPS) is 10.3. The first-order valence-electron chi connectivity index (χ1n) is 5.20. The van der Waals surface area contributed by atoms with Crippen molar-refractivity contribution in [3.8, 4) is 0 Å². The van der Waals surface area contributed by atoms with Gasteiger partial charge in [0.15, 0.2) is 5.82 Å².